The van der Waals surface area contributed by atoms with Crippen LogP contribution in [0.3, 0.4) is 0 Å². The number of hydrogen-bond acceptors (Lipinski definition) is 7. The molecule has 1 saturated heterocycles. The first kappa shape index (κ1) is 29.1. The zero-order chi connectivity index (χ0) is 28.0. The van der Waals surface area contributed by atoms with Gasteiger partial charge in [-0.2, -0.15) is 0 Å². The quantitative estimate of drug-likeness (QED) is 0.321. The normalized spacial score (nSPS) is 18.1. The van der Waals surface area contributed by atoms with E-state index in [1.807, 2.05) is 31.2 Å². The van der Waals surface area contributed by atoms with Crippen LogP contribution in [-0.2, 0) is 20.9 Å². The number of β-amino-alcohol motifs (C(OH)–C–C–N with tert-alkyl or cyclic N) is 1. The van der Waals surface area contributed by atoms with Crippen molar-refractivity contribution in [2.75, 3.05) is 13.1 Å². The van der Waals surface area contributed by atoms with Crippen LogP contribution < -0.4 is 16.0 Å². The Bertz CT molecular complexity index is 1160. The van der Waals surface area contributed by atoms with Gasteiger partial charge in [-0.3, -0.25) is 14.4 Å². The molecule has 3 rings (SSSR count). The number of benzene rings is 1. The zero-order valence-electron chi connectivity index (χ0n) is 22.0. The Kier molecular flexibility index (Phi) is 9.45. The maximum Gasteiger partial charge on any atom is 0.404 e. The van der Waals surface area contributed by atoms with Crippen molar-refractivity contribution >= 4 is 35.2 Å². The van der Waals surface area contributed by atoms with Crippen LogP contribution in [0.15, 0.2) is 29.8 Å². The van der Waals surface area contributed by atoms with Crippen molar-refractivity contribution in [3.8, 4) is 10.4 Å². The number of nitrogens with one attached hydrogen (secondary N) is 3. The van der Waals surface area contributed by atoms with E-state index < -0.39 is 41.5 Å². The number of aryl methyl sites for hydroxylation is 1. The Balaban J connectivity index is 1.64. The first-order chi connectivity index (χ1) is 17.9. The van der Waals surface area contributed by atoms with Gasteiger partial charge < -0.3 is 31.1 Å². The second-order valence-corrected chi connectivity index (χ2v) is 11.3. The van der Waals surface area contributed by atoms with E-state index in [1.165, 1.54) is 4.90 Å². The molecule has 11 nitrogen and oxygen atoms in total. The second kappa shape index (κ2) is 12.4. The number of hydrogen-bond donors (Lipinski definition) is 5. The summed E-state index contributed by atoms with van der Waals surface area (Å²) in [5.41, 5.74) is 4.00. The number of aliphatic hydroxyl groups is 1. The van der Waals surface area contributed by atoms with E-state index in [0.29, 0.717) is 0 Å². The number of nitrogens with zero attached hydrogens (tertiary/aromatic N) is 2. The summed E-state index contributed by atoms with van der Waals surface area (Å²) < 4.78 is 0. The number of rotatable bonds is 9. The number of likely N-dealkylation sites (tertiary alicyclic amines) is 1. The maximum absolute atomic E-state index is 13.5. The van der Waals surface area contributed by atoms with Gasteiger partial charge in [-0.1, -0.05) is 45.0 Å². The molecule has 0 unspecified atom stereocenters. The molecule has 2 heterocycles. The highest BCUT2D eigenvalue weighted by Crippen LogP contribution is 2.28. The van der Waals surface area contributed by atoms with Crippen molar-refractivity contribution in [3.05, 3.63) is 41.0 Å². The molecule has 2 aromatic rings. The summed E-state index contributed by atoms with van der Waals surface area (Å²) in [7, 11) is 0. The Morgan fingerprint density at radius 2 is 1.84 bits per heavy atom. The van der Waals surface area contributed by atoms with E-state index in [9.17, 15) is 24.3 Å². The second-order valence-electron chi connectivity index (χ2n) is 10.4. The van der Waals surface area contributed by atoms with Crippen LogP contribution in [0.5, 0.6) is 0 Å². The van der Waals surface area contributed by atoms with Crippen LogP contribution >= 0.6 is 11.3 Å². The fraction of sp³-hybridized carbons (Fsp3) is 0.500. The molecule has 0 radical (unpaired) electrons. The largest absolute Gasteiger partial charge is 0.465 e. The van der Waals surface area contributed by atoms with Gasteiger partial charge in [0.2, 0.25) is 17.7 Å². The molecule has 1 fully saturated rings. The van der Waals surface area contributed by atoms with Crippen molar-refractivity contribution < 1.29 is 29.4 Å². The Morgan fingerprint density at radius 1 is 1.16 bits per heavy atom. The molecule has 1 aromatic carbocycles. The highest BCUT2D eigenvalue weighted by atomic mass is 32.1. The standard InChI is InChI=1S/C26H35N5O6S/c1-15-21(38-14-29-15)17-7-5-16(6-8-17)12-28-23(34)19-11-18(32)13-31(19)24(35)22(26(2,3)4)30-20(33)9-10-27-25(36)37/h5-8,14,18-19,22,27,32H,9-13H2,1-4H3,(H,28,34)(H,30,33)(H,36,37)/t18-,19+,22-/m1/s1. The minimum atomic E-state index is -1.24. The minimum absolute atomic E-state index is 0.0250. The minimum Gasteiger partial charge on any atom is -0.465 e. The predicted octanol–water partition coefficient (Wildman–Crippen LogP) is 1.89. The summed E-state index contributed by atoms with van der Waals surface area (Å²) >= 11 is 1.56. The topological polar surface area (TPSA) is 161 Å². The van der Waals surface area contributed by atoms with Crippen molar-refractivity contribution in [2.45, 2.75) is 65.3 Å². The summed E-state index contributed by atoms with van der Waals surface area (Å²) in [4.78, 5) is 56.4. The Labute approximate surface area is 225 Å². The first-order valence-corrected chi connectivity index (χ1v) is 13.3. The SMILES string of the molecule is Cc1ncsc1-c1ccc(CNC(=O)[C@@H]2C[C@@H](O)CN2C(=O)[C@@H](NC(=O)CCNC(=O)O)C(C)(C)C)cc1. The molecule has 38 heavy (non-hydrogen) atoms. The summed E-state index contributed by atoms with van der Waals surface area (Å²) in [6.07, 6.45) is -2.16. The van der Waals surface area contributed by atoms with E-state index in [4.69, 9.17) is 5.11 Å². The van der Waals surface area contributed by atoms with Crippen molar-refractivity contribution in [2.24, 2.45) is 5.41 Å². The van der Waals surface area contributed by atoms with Crippen molar-refractivity contribution in [1.29, 1.82) is 0 Å². The third-order valence-corrected chi connectivity index (χ3v) is 7.32. The monoisotopic (exact) mass is 545 g/mol. The van der Waals surface area contributed by atoms with Gasteiger partial charge in [0.15, 0.2) is 0 Å². The summed E-state index contributed by atoms with van der Waals surface area (Å²) in [5.74, 6) is -1.36. The van der Waals surface area contributed by atoms with Gasteiger partial charge >= 0.3 is 6.09 Å². The molecule has 0 bridgehead atoms. The zero-order valence-corrected chi connectivity index (χ0v) is 22.8. The van der Waals surface area contributed by atoms with Crippen molar-refractivity contribution in [3.63, 3.8) is 0 Å². The van der Waals surface area contributed by atoms with Gasteiger partial charge in [-0.25, -0.2) is 9.78 Å². The van der Waals surface area contributed by atoms with E-state index in [2.05, 4.69) is 20.9 Å². The number of carbonyl (C=O) groups is 4. The molecule has 1 aromatic heterocycles. The van der Waals surface area contributed by atoms with Gasteiger partial charge in [-0.15, -0.1) is 11.3 Å². The van der Waals surface area contributed by atoms with Gasteiger partial charge in [0.1, 0.15) is 12.1 Å². The lowest BCUT2D eigenvalue weighted by Crippen LogP contribution is -2.57. The third-order valence-electron chi connectivity index (χ3n) is 6.34. The van der Waals surface area contributed by atoms with E-state index in [-0.39, 0.29) is 38.4 Å². The number of aromatic nitrogens is 1. The number of carboxylic acid groups (broad SMARTS) is 1. The molecule has 3 atom stereocenters. The molecule has 0 saturated carbocycles. The number of aliphatic hydroxyl groups excluding tert-OH is 1. The van der Waals surface area contributed by atoms with Gasteiger partial charge in [-0.05, 0) is 23.5 Å². The highest BCUT2D eigenvalue weighted by Gasteiger charge is 2.44. The maximum atomic E-state index is 13.5. The van der Waals surface area contributed by atoms with Gasteiger partial charge in [0.05, 0.1) is 22.2 Å². The molecule has 206 valence electrons. The van der Waals surface area contributed by atoms with E-state index in [0.717, 1.165) is 21.7 Å². The fourth-order valence-corrected chi connectivity index (χ4v) is 5.11. The first-order valence-electron chi connectivity index (χ1n) is 12.4. The highest BCUT2D eigenvalue weighted by molar-refractivity contribution is 7.13. The average molecular weight is 546 g/mol. The summed E-state index contributed by atoms with van der Waals surface area (Å²) in [5, 5.41) is 26.6. The lowest BCUT2D eigenvalue weighted by Gasteiger charge is -2.35. The molecular weight excluding hydrogens is 510 g/mol. The number of carbonyl (C=O) groups excluding carboxylic acids is 3. The summed E-state index contributed by atoms with van der Waals surface area (Å²) in [6.45, 7) is 7.44. The van der Waals surface area contributed by atoms with Crippen LogP contribution in [0.1, 0.15) is 44.9 Å². The van der Waals surface area contributed by atoms with Crippen LogP contribution in [0, 0.1) is 12.3 Å². The molecule has 1 aliphatic rings. The lowest BCUT2D eigenvalue weighted by atomic mass is 9.85. The molecule has 1 aliphatic heterocycles. The third kappa shape index (κ3) is 7.51. The molecule has 0 spiro atoms. The van der Waals surface area contributed by atoms with E-state index in [1.54, 1.807) is 37.6 Å². The summed E-state index contributed by atoms with van der Waals surface area (Å²) in [6, 6.07) is 5.94. The Hall–Kier alpha value is -3.51. The lowest BCUT2D eigenvalue weighted by molar-refractivity contribution is -0.144. The Morgan fingerprint density at radius 3 is 2.42 bits per heavy atom. The average Bonchev–Trinajstić information content (AvgIpc) is 3.45. The molecule has 12 heteroatoms. The molecular formula is C26H35N5O6S. The van der Waals surface area contributed by atoms with Crippen LogP contribution in [0.25, 0.3) is 10.4 Å². The molecule has 5 N–H and O–H groups in total. The smallest absolute Gasteiger partial charge is 0.404 e. The van der Waals surface area contributed by atoms with Crippen LogP contribution in [0.4, 0.5) is 4.79 Å². The molecule has 4 amide bonds. The van der Waals surface area contributed by atoms with Crippen LogP contribution in [0.2, 0.25) is 0 Å². The van der Waals surface area contributed by atoms with Crippen molar-refractivity contribution in [1.82, 2.24) is 25.8 Å². The number of amides is 4. The van der Waals surface area contributed by atoms with Crippen LogP contribution in [-0.4, -0.2) is 75.2 Å². The fourth-order valence-electron chi connectivity index (χ4n) is 4.30. The van der Waals surface area contributed by atoms with E-state index >= 15 is 0 Å². The number of thiazole rings is 1. The predicted molar refractivity (Wildman–Crippen MR) is 142 cm³/mol. The van der Waals surface area contributed by atoms with Gasteiger partial charge in [0.25, 0.3) is 0 Å². The molecule has 0 aliphatic carbocycles. The van der Waals surface area contributed by atoms with Gasteiger partial charge in [0, 0.05) is 32.5 Å².